The summed E-state index contributed by atoms with van der Waals surface area (Å²) in [6.45, 7) is 3.98. The Bertz CT molecular complexity index is 820. The quantitative estimate of drug-likeness (QED) is 0.732. The number of ether oxygens (including phenoxy) is 1. The van der Waals surface area contributed by atoms with Crippen LogP contribution in [-0.4, -0.2) is 61.5 Å². The van der Waals surface area contributed by atoms with Crippen molar-refractivity contribution in [3.05, 3.63) is 58.9 Å². The van der Waals surface area contributed by atoms with Crippen LogP contribution in [0.5, 0.6) is 5.75 Å². The van der Waals surface area contributed by atoms with Crippen molar-refractivity contribution < 1.29 is 19.2 Å². The fraction of sp³-hybridized carbons (Fsp3) is 0.350. The maximum atomic E-state index is 12.4. The first-order valence-corrected chi connectivity index (χ1v) is 9.57. The van der Waals surface area contributed by atoms with Crippen molar-refractivity contribution >= 4 is 23.4 Å². The normalized spacial score (nSPS) is 14.6. The van der Waals surface area contributed by atoms with Crippen LogP contribution in [0.15, 0.2) is 42.6 Å². The molecule has 0 spiro atoms. The van der Waals surface area contributed by atoms with Crippen LogP contribution in [0.3, 0.4) is 0 Å². The van der Waals surface area contributed by atoms with Gasteiger partial charge in [0, 0.05) is 16.8 Å². The van der Waals surface area contributed by atoms with Gasteiger partial charge in [-0.2, -0.15) is 0 Å². The zero-order chi connectivity index (χ0) is 19.9. The highest BCUT2D eigenvalue weighted by Gasteiger charge is 2.24. The molecule has 1 saturated heterocycles. The Hall–Kier alpha value is -2.64. The van der Waals surface area contributed by atoms with Crippen molar-refractivity contribution in [3.8, 4) is 5.75 Å². The third kappa shape index (κ3) is 5.43. The van der Waals surface area contributed by atoms with Gasteiger partial charge in [-0.15, -0.1) is 0 Å². The number of halogens is 1. The lowest BCUT2D eigenvalue weighted by atomic mass is 10.2. The molecule has 28 heavy (non-hydrogen) atoms. The molecule has 2 heterocycles. The number of carbonyl (C=O) groups is 2. The van der Waals surface area contributed by atoms with E-state index in [9.17, 15) is 9.59 Å². The van der Waals surface area contributed by atoms with Crippen molar-refractivity contribution in [2.24, 2.45) is 0 Å². The van der Waals surface area contributed by atoms with Crippen molar-refractivity contribution in [1.82, 2.24) is 15.2 Å². The number of hydrogen-bond donors (Lipinski definition) is 2. The summed E-state index contributed by atoms with van der Waals surface area (Å²) < 4.78 is 5.18. The lowest BCUT2D eigenvalue weighted by molar-refractivity contribution is -0.917. The fourth-order valence-electron chi connectivity index (χ4n) is 3.17. The highest BCUT2D eigenvalue weighted by atomic mass is 35.5. The first-order valence-electron chi connectivity index (χ1n) is 9.19. The van der Waals surface area contributed by atoms with Crippen LogP contribution in [-0.2, 0) is 11.3 Å². The SMILES string of the molecule is COc1ccc(C[NH+]2CCN(C(=O)CNC(=O)c3cc(Cl)ccn3)CC2)cc1. The molecule has 0 unspecified atom stereocenters. The number of benzene rings is 1. The Balaban J connectivity index is 1.42. The molecule has 3 rings (SSSR count). The summed E-state index contributed by atoms with van der Waals surface area (Å²) in [6, 6.07) is 11.1. The molecule has 1 aromatic carbocycles. The van der Waals surface area contributed by atoms with Crippen LogP contribution < -0.4 is 15.0 Å². The van der Waals surface area contributed by atoms with Crippen LogP contribution >= 0.6 is 11.6 Å². The predicted molar refractivity (Wildman–Crippen MR) is 106 cm³/mol. The number of hydrogen-bond acceptors (Lipinski definition) is 4. The second kappa shape index (κ2) is 9.52. The van der Waals surface area contributed by atoms with E-state index in [4.69, 9.17) is 16.3 Å². The van der Waals surface area contributed by atoms with E-state index < -0.39 is 5.91 Å². The minimum atomic E-state index is -0.403. The van der Waals surface area contributed by atoms with Crippen LogP contribution in [0.2, 0.25) is 5.02 Å². The smallest absolute Gasteiger partial charge is 0.270 e. The number of pyridine rings is 1. The van der Waals surface area contributed by atoms with Gasteiger partial charge in [0.15, 0.2) is 0 Å². The van der Waals surface area contributed by atoms with Crippen LogP contribution in [0.25, 0.3) is 0 Å². The summed E-state index contributed by atoms with van der Waals surface area (Å²) in [7, 11) is 1.66. The highest BCUT2D eigenvalue weighted by molar-refractivity contribution is 6.30. The molecule has 2 N–H and O–H groups in total. The van der Waals surface area contributed by atoms with Crippen LogP contribution in [0.1, 0.15) is 16.1 Å². The van der Waals surface area contributed by atoms with Gasteiger partial charge in [0.05, 0.1) is 39.8 Å². The van der Waals surface area contributed by atoms with Gasteiger partial charge in [-0.05, 0) is 36.4 Å². The number of nitrogens with one attached hydrogen (secondary N) is 2. The lowest BCUT2D eigenvalue weighted by Crippen LogP contribution is -3.13. The molecule has 0 aliphatic carbocycles. The van der Waals surface area contributed by atoms with Crippen LogP contribution in [0.4, 0.5) is 0 Å². The first kappa shape index (κ1) is 20.1. The maximum absolute atomic E-state index is 12.4. The highest BCUT2D eigenvalue weighted by Crippen LogP contribution is 2.10. The molecule has 0 saturated carbocycles. The molecule has 1 fully saturated rings. The van der Waals surface area contributed by atoms with Crippen molar-refractivity contribution in [2.75, 3.05) is 39.8 Å². The van der Waals surface area contributed by atoms with Crippen molar-refractivity contribution in [2.45, 2.75) is 6.54 Å². The number of aromatic nitrogens is 1. The molecule has 1 aromatic heterocycles. The van der Waals surface area contributed by atoms with E-state index in [0.29, 0.717) is 18.1 Å². The number of piperazine rings is 1. The van der Waals surface area contributed by atoms with Gasteiger partial charge in [0.2, 0.25) is 5.91 Å². The Morgan fingerprint density at radius 1 is 1.21 bits per heavy atom. The van der Waals surface area contributed by atoms with Gasteiger partial charge < -0.3 is 19.9 Å². The van der Waals surface area contributed by atoms with E-state index in [1.54, 1.807) is 18.1 Å². The summed E-state index contributed by atoms with van der Waals surface area (Å²) in [5.41, 5.74) is 1.45. The number of methoxy groups -OCH3 is 1. The zero-order valence-corrected chi connectivity index (χ0v) is 16.5. The third-order valence-corrected chi connectivity index (χ3v) is 5.03. The number of quaternary nitrogens is 1. The van der Waals surface area contributed by atoms with E-state index in [-0.39, 0.29) is 18.1 Å². The molecule has 148 valence electrons. The lowest BCUT2D eigenvalue weighted by Gasteiger charge is -2.32. The first-order chi connectivity index (χ1) is 13.5. The second-order valence-electron chi connectivity index (χ2n) is 6.70. The monoisotopic (exact) mass is 403 g/mol. The standard InChI is InChI=1S/C20H23ClN4O3/c1-28-17-4-2-15(3-5-17)14-24-8-10-25(11-9-24)19(26)13-23-20(27)18-12-16(21)6-7-22-18/h2-7,12H,8-11,13-14H2,1H3,(H,23,27)/p+1. The maximum Gasteiger partial charge on any atom is 0.270 e. The van der Waals surface area contributed by atoms with Gasteiger partial charge in [-0.3, -0.25) is 14.6 Å². The summed E-state index contributed by atoms with van der Waals surface area (Å²) >= 11 is 5.86. The summed E-state index contributed by atoms with van der Waals surface area (Å²) in [6.07, 6.45) is 1.46. The Labute approximate surface area is 169 Å². The number of amides is 2. The molecule has 7 nitrogen and oxygen atoms in total. The van der Waals surface area contributed by atoms with Gasteiger partial charge in [0.25, 0.3) is 5.91 Å². The fourth-order valence-corrected chi connectivity index (χ4v) is 3.33. The van der Waals surface area contributed by atoms with Gasteiger partial charge in [0.1, 0.15) is 18.0 Å². The molecule has 2 aromatic rings. The second-order valence-corrected chi connectivity index (χ2v) is 7.13. The molecule has 1 aliphatic heterocycles. The molecular formula is C20H24ClN4O3+. The largest absolute Gasteiger partial charge is 0.497 e. The van der Waals surface area contributed by atoms with E-state index in [0.717, 1.165) is 25.4 Å². The summed E-state index contributed by atoms with van der Waals surface area (Å²) in [5, 5.41) is 3.05. The van der Waals surface area contributed by atoms with E-state index in [1.807, 2.05) is 12.1 Å². The summed E-state index contributed by atoms with van der Waals surface area (Å²) in [4.78, 5) is 31.6. The molecule has 1 aliphatic rings. The minimum absolute atomic E-state index is 0.0408. The molecular weight excluding hydrogens is 380 g/mol. The number of nitrogens with zero attached hydrogens (tertiary/aromatic N) is 2. The number of carbonyl (C=O) groups excluding carboxylic acids is 2. The van der Waals surface area contributed by atoms with Crippen molar-refractivity contribution in [3.63, 3.8) is 0 Å². The Morgan fingerprint density at radius 2 is 1.93 bits per heavy atom. The molecule has 8 heteroatoms. The van der Waals surface area contributed by atoms with Gasteiger partial charge >= 0.3 is 0 Å². The van der Waals surface area contributed by atoms with Gasteiger partial charge in [-0.25, -0.2) is 0 Å². The van der Waals surface area contributed by atoms with E-state index >= 15 is 0 Å². The summed E-state index contributed by atoms with van der Waals surface area (Å²) in [5.74, 6) is 0.364. The van der Waals surface area contributed by atoms with E-state index in [1.165, 1.54) is 22.7 Å². The average molecular weight is 404 g/mol. The molecule has 0 atom stereocenters. The molecule has 2 amide bonds. The van der Waals surface area contributed by atoms with Crippen molar-refractivity contribution in [1.29, 1.82) is 0 Å². The molecule has 0 radical (unpaired) electrons. The predicted octanol–water partition coefficient (Wildman–Crippen LogP) is 0.401. The number of rotatable bonds is 6. The van der Waals surface area contributed by atoms with Crippen LogP contribution in [0, 0.1) is 0 Å². The Kier molecular flexibility index (Phi) is 6.84. The minimum Gasteiger partial charge on any atom is -0.497 e. The third-order valence-electron chi connectivity index (χ3n) is 4.79. The zero-order valence-electron chi connectivity index (χ0n) is 15.8. The Morgan fingerprint density at radius 3 is 2.57 bits per heavy atom. The van der Waals surface area contributed by atoms with Gasteiger partial charge in [-0.1, -0.05) is 11.6 Å². The topological polar surface area (TPSA) is 76.0 Å². The molecule has 0 bridgehead atoms. The average Bonchev–Trinajstić information content (AvgIpc) is 2.73. The van der Waals surface area contributed by atoms with E-state index in [2.05, 4.69) is 22.4 Å².